The van der Waals surface area contributed by atoms with E-state index in [-0.39, 0.29) is 16.8 Å². The Labute approximate surface area is 121 Å². The van der Waals surface area contributed by atoms with Gasteiger partial charge in [0, 0.05) is 6.04 Å². The fourth-order valence-corrected chi connectivity index (χ4v) is 3.01. The number of rotatable bonds is 3. The highest BCUT2D eigenvalue weighted by atomic mass is 35.5. The smallest absolute Gasteiger partial charge is 0.319 e. The van der Waals surface area contributed by atoms with Crippen LogP contribution in [0.3, 0.4) is 0 Å². The van der Waals surface area contributed by atoms with Gasteiger partial charge in [-0.25, -0.2) is 18.4 Å². The number of anilines is 1. The first kappa shape index (κ1) is 14.9. The van der Waals surface area contributed by atoms with Crippen LogP contribution in [0.1, 0.15) is 19.3 Å². The van der Waals surface area contributed by atoms with Crippen LogP contribution in [0, 0.1) is 0 Å². The number of carbonyl (C=O) groups excluding carboxylic acids is 1. The van der Waals surface area contributed by atoms with E-state index in [0.29, 0.717) is 0 Å². The van der Waals surface area contributed by atoms with Gasteiger partial charge in [-0.05, 0) is 31.4 Å². The SMILES string of the molecule is NS(=O)(=O)c1c(Cl)ccc(NC(=O)NC2CCC2)c1O. The summed E-state index contributed by atoms with van der Waals surface area (Å²) in [6, 6.07) is 2.13. The number of nitrogens with one attached hydrogen (secondary N) is 2. The molecule has 1 aromatic carbocycles. The third kappa shape index (κ3) is 3.14. The molecule has 0 radical (unpaired) electrons. The molecule has 110 valence electrons. The molecule has 0 saturated heterocycles. The maximum absolute atomic E-state index is 11.7. The molecule has 0 spiro atoms. The third-order valence-electron chi connectivity index (χ3n) is 3.06. The van der Waals surface area contributed by atoms with Gasteiger partial charge in [-0.2, -0.15) is 0 Å². The number of primary sulfonamides is 1. The van der Waals surface area contributed by atoms with Crippen LogP contribution in [-0.4, -0.2) is 25.6 Å². The number of aromatic hydroxyl groups is 1. The van der Waals surface area contributed by atoms with Gasteiger partial charge in [-0.3, -0.25) is 0 Å². The molecule has 2 rings (SSSR count). The van der Waals surface area contributed by atoms with Gasteiger partial charge in [0.1, 0.15) is 4.90 Å². The van der Waals surface area contributed by atoms with Crippen molar-refractivity contribution >= 4 is 33.3 Å². The Kier molecular flexibility index (Phi) is 4.07. The Morgan fingerprint density at radius 2 is 2.05 bits per heavy atom. The average molecular weight is 320 g/mol. The predicted molar refractivity (Wildman–Crippen MR) is 74.3 cm³/mol. The fourth-order valence-electron chi connectivity index (χ4n) is 1.81. The summed E-state index contributed by atoms with van der Waals surface area (Å²) in [7, 11) is -4.19. The van der Waals surface area contributed by atoms with E-state index in [2.05, 4.69) is 10.6 Å². The standard InChI is InChI=1S/C11H14ClN3O4S/c12-7-4-5-8(9(16)10(7)20(13,18)19)15-11(17)14-6-2-1-3-6/h4-6,16H,1-3H2,(H2,13,18,19)(H2,14,15,17). The quantitative estimate of drug-likeness (QED) is 0.628. The minimum atomic E-state index is -4.19. The van der Waals surface area contributed by atoms with Crippen molar-refractivity contribution in [1.29, 1.82) is 0 Å². The van der Waals surface area contributed by atoms with Gasteiger partial charge in [-0.1, -0.05) is 11.6 Å². The van der Waals surface area contributed by atoms with Gasteiger partial charge in [-0.15, -0.1) is 0 Å². The van der Waals surface area contributed by atoms with E-state index in [1.54, 1.807) is 0 Å². The summed E-state index contributed by atoms with van der Waals surface area (Å²) in [5, 5.41) is 19.7. The molecule has 5 N–H and O–H groups in total. The predicted octanol–water partition coefficient (Wildman–Crippen LogP) is 1.37. The molecule has 2 amide bonds. The number of urea groups is 1. The van der Waals surface area contributed by atoms with Crippen LogP contribution in [0.15, 0.2) is 17.0 Å². The first-order valence-electron chi connectivity index (χ1n) is 5.91. The average Bonchev–Trinajstić information content (AvgIpc) is 2.26. The molecule has 1 saturated carbocycles. The lowest BCUT2D eigenvalue weighted by atomic mass is 9.93. The molecule has 9 heteroatoms. The lowest BCUT2D eigenvalue weighted by Crippen LogP contribution is -2.41. The van der Waals surface area contributed by atoms with Gasteiger partial charge in [0.2, 0.25) is 10.0 Å². The normalized spacial score (nSPS) is 15.5. The van der Waals surface area contributed by atoms with Gasteiger partial charge >= 0.3 is 6.03 Å². The number of hydrogen-bond donors (Lipinski definition) is 4. The van der Waals surface area contributed by atoms with Gasteiger partial charge in [0.15, 0.2) is 5.75 Å². The fraction of sp³-hybridized carbons (Fsp3) is 0.364. The largest absolute Gasteiger partial charge is 0.504 e. The minimum Gasteiger partial charge on any atom is -0.504 e. The Balaban J connectivity index is 2.22. The number of nitrogens with two attached hydrogens (primary N) is 1. The van der Waals surface area contributed by atoms with Gasteiger partial charge < -0.3 is 15.7 Å². The summed E-state index contributed by atoms with van der Waals surface area (Å²) in [5.74, 6) is -0.677. The molecule has 0 unspecified atom stereocenters. The number of sulfonamides is 1. The highest BCUT2D eigenvalue weighted by Crippen LogP contribution is 2.36. The van der Waals surface area contributed by atoms with Crippen LogP contribution < -0.4 is 15.8 Å². The van der Waals surface area contributed by atoms with Crippen molar-refractivity contribution in [3.05, 3.63) is 17.2 Å². The van der Waals surface area contributed by atoms with Crippen molar-refractivity contribution in [3.8, 4) is 5.75 Å². The molecule has 0 heterocycles. The van der Waals surface area contributed by atoms with Crippen LogP contribution in [0.5, 0.6) is 5.75 Å². The highest BCUT2D eigenvalue weighted by Gasteiger charge is 2.23. The van der Waals surface area contributed by atoms with Crippen molar-refractivity contribution in [1.82, 2.24) is 5.32 Å². The zero-order chi connectivity index (χ0) is 14.9. The van der Waals surface area contributed by atoms with Crippen LogP contribution >= 0.6 is 11.6 Å². The Hall–Kier alpha value is -1.51. The van der Waals surface area contributed by atoms with Crippen molar-refractivity contribution in [2.45, 2.75) is 30.2 Å². The summed E-state index contributed by atoms with van der Waals surface area (Å²) < 4.78 is 22.7. The second kappa shape index (κ2) is 5.47. The van der Waals surface area contributed by atoms with Crippen molar-refractivity contribution in [3.63, 3.8) is 0 Å². The number of phenols is 1. The first-order chi connectivity index (χ1) is 9.29. The van der Waals surface area contributed by atoms with E-state index >= 15 is 0 Å². The lowest BCUT2D eigenvalue weighted by Gasteiger charge is -2.26. The molecular formula is C11H14ClN3O4S. The number of amides is 2. The summed E-state index contributed by atoms with van der Waals surface area (Å²) >= 11 is 5.69. The van der Waals surface area contributed by atoms with Crippen LogP contribution in [0.4, 0.5) is 10.5 Å². The second-order valence-electron chi connectivity index (χ2n) is 4.54. The molecule has 0 aromatic heterocycles. The van der Waals surface area contributed by atoms with Crippen LogP contribution in [0.2, 0.25) is 5.02 Å². The maximum atomic E-state index is 11.7. The van der Waals surface area contributed by atoms with Crippen LogP contribution in [0.25, 0.3) is 0 Å². The summed E-state index contributed by atoms with van der Waals surface area (Å²) in [6.07, 6.45) is 2.87. The molecule has 7 nitrogen and oxygen atoms in total. The minimum absolute atomic E-state index is 0.0738. The van der Waals surface area contributed by atoms with Crippen molar-refractivity contribution < 1.29 is 18.3 Å². The van der Waals surface area contributed by atoms with E-state index in [0.717, 1.165) is 19.3 Å². The Morgan fingerprint density at radius 3 is 2.55 bits per heavy atom. The second-order valence-corrected chi connectivity index (χ2v) is 6.45. The summed E-state index contributed by atoms with van der Waals surface area (Å²) in [6.45, 7) is 0. The van der Waals surface area contributed by atoms with Gasteiger partial charge in [0.05, 0.1) is 10.7 Å². The zero-order valence-corrected chi connectivity index (χ0v) is 12.0. The lowest BCUT2D eigenvalue weighted by molar-refractivity contribution is 0.240. The molecule has 1 aliphatic carbocycles. The Bertz CT molecular complexity index is 643. The number of benzene rings is 1. The Morgan fingerprint density at radius 1 is 1.40 bits per heavy atom. The molecule has 1 fully saturated rings. The van der Waals surface area contributed by atoms with Gasteiger partial charge in [0.25, 0.3) is 0 Å². The van der Waals surface area contributed by atoms with E-state index in [9.17, 15) is 18.3 Å². The van der Waals surface area contributed by atoms with Crippen LogP contribution in [-0.2, 0) is 10.0 Å². The monoisotopic (exact) mass is 319 g/mol. The molecule has 0 aliphatic heterocycles. The first-order valence-corrected chi connectivity index (χ1v) is 7.83. The third-order valence-corrected chi connectivity index (χ3v) is 4.47. The van der Waals surface area contributed by atoms with E-state index in [1.807, 2.05) is 0 Å². The maximum Gasteiger partial charge on any atom is 0.319 e. The van der Waals surface area contributed by atoms with E-state index in [4.69, 9.17) is 16.7 Å². The van der Waals surface area contributed by atoms with Crippen molar-refractivity contribution in [2.75, 3.05) is 5.32 Å². The van der Waals surface area contributed by atoms with Crippen molar-refractivity contribution in [2.24, 2.45) is 5.14 Å². The highest BCUT2D eigenvalue weighted by molar-refractivity contribution is 7.89. The molecule has 0 atom stereocenters. The summed E-state index contributed by atoms with van der Waals surface area (Å²) in [5.41, 5.74) is -0.0738. The number of hydrogen-bond acceptors (Lipinski definition) is 4. The number of phenolic OH excluding ortho intramolecular Hbond substituents is 1. The molecule has 20 heavy (non-hydrogen) atoms. The number of carbonyl (C=O) groups is 1. The zero-order valence-electron chi connectivity index (χ0n) is 10.4. The molecule has 1 aromatic rings. The molecule has 1 aliphatic rings. The topological polar surface area (TPSA) is 122 Å². The molecule has 0 bridgehead atoms. The van der Waals surface area contributed by atoms with E-state index in [1.165, 1.54) is 12.1 Å². The summed E-state index contributed by atoms with van der Waals surface area (Å²) in [4.78, 5) is 11.1. The van der Waals surface area contributed by atoms with E-state index < -0.39 is 26.7 Å². The number of halogens is 1. The molecular weight excluding hydrogens is 306 g/mol.